The van der Waals surface area contributed by atoms with E-state index in [1.54, 1.807) is 6.07 Å². The third-order valence-electron chi connectivity index (χ3n) is 2.75. The van der Waals surface area contributed by atoms with Crippen LogP contribution in [0.1, 0.15) is 17.7 Å². The van der Waals surface area contributed by atoms with E-state index < -0.39 is 10.0 Å². The third kappa shape index (κ3) is 3.91. The van der Waals surface area contributed by atoms with E-state index >= 15 is 0 Å². The number of nitrogens with one attached hydrogen (secondary N) is 2. The van der Waals surface area contributed by atoms with Gasteiger partial charge in [-0.1, -0.05) is 0 Å². The summed E-state index contributed by atoms with van der Waals surface area (Å²) >= 11 is 4.75. The van der Waals surface area contributed by atoms with Gasteiger partial charge in [0.05, 0.1) is 8.68 Å². The molecule has 104 valence electrons. The van der Waals surface area contributed by atoms with E-state index in [0.717, 1.165) is 28.0 Å². The van der Waals surface area contributed by atoms with Crippen LogP contribution >= 0.6 is 39.7 Å². The van der Waals surface area contributed by atoms with Crippen molar-refractivity contribution in [1.82, 2.24) is 10.0 Å². The molecule has 1 aliphatic rings. The van der Waals surface area contributed by atoms with Gasteiger partial charge in [0.15, 0.2) is 0 Å². The number of piperidine rings is 1. The standard InChI is InChI=1S/C10H15BrN2O2S2.ClH/c1-7-9(5-10(11)16-7)17(14,15)13-8-3-2-4-12-6-8;/h5,8,12-13H,2-4,6H2,1H3;1H. The minimum atomic E-state index is -3.38. The number of rotatable bonds is 3. The first-order valence-corrected chi connectivity index (χ1v) is 8.57. The summed E-state index contributed by atoms with van der Waals surface area (Å²) in [4.78, 5) is 1.20. The zero-order chi connectivity index (χ0) is 12.5. The van der Waals surface area contributed by atoms with E-state index in [0.29, 0.717) is 11.4 Å². The van der Waals surface area contributed by atoms with Crippen LogP contribution in [0.5, 0.6) is 0 Å². The summed E-state index contributed by atoms with van der Waals surface area (Å²) in [5.74, 6) is 0. The molecule has 0 amide bonds. The van der Waals surface area contributed by atoms with E-state index in [4.69, 9.17) is 0 Å². The molecule has 1 saturated heterocycles. The van der Waals surface area contributed by atoms with Gasteiger partial charge in [0.25, 0.3) is 0 Å². The smallest absolute Gasteiger partial charge is 0.241 e. The van der Waals surface area contributed by atoms with Crippen molar-refractivity contribution in [3.63, 3.8) is 0 Å². The molecule has 0 saturated carbocycles. The molecule has 1 unspecified atom stereocenters. The maximum Gasteiger partial charge on any atom is 0.241 e. The van der Waals surface area contributed by atoms with Crippen molar-refractivity contribution in [2.45, 2.75) is 30.7 Å². The summed E-state index contributed by atoms with van der Waals surface area (Å²) in [6.07, 6.45) is 1.91. The Morgan fingerprint density at radius 1 is 1.56 bits per heavy atom. The zero-order valence-corrected chi connectivity index (χ0v) is 13.9. The molecule has 1 atom stereocenters. The molecule has 18 heavy (non-hydrogen) atoms. The van der Waals surface area contributed by atoms with E-state index in [-0.39, 0.29) is 18.4 Å². The Hall–Kier alpha value is 0.340. The minimum absolute atomic E-state index is 0. The molecule has 1 fully saturated rings. The zero-order valence-electron chi connectivity index (χ0n) is 9.90. The maximum atomic E-state index is 12.2. The summed E-state index contributed by atoms with van der Waals surface area (Å²) in [6, 6.07) is 1.67. The van der Waals surface area contributed by atoms with Crippen LogP contribution in [0.25, 0.3) is 0 Å². The van der Waals surface area contributed by atoms with Gasteiger partial charge in [-0.2, -0.15) is 0 Å². The molecular weight excluding hydrogens is 360 g/mol. The minimum Gasteiger partial charge on any atom is -0.315 e. The summed E-state index contributed by atoms with van der Waals surface area (Å²) in [5, 5.41) is 3.20. The molecule has 1 aromatic rings. The molecule has 2 N–H and O–H groups in total. The molecule has 2 rings (SSSR count). The first kappa shape index (κ1) is 16.4. The average Bonchev–Trinajstić information content (AvgIpc) is 2.59. The van der Waals surface area contributed by atoms with Crippen LogP contribution in [-0.2, 0) is 10.0 Å². The second kappa shape index (κ2) is 6.67. The Labute approximate surface area is 126 Å². The molecule has 1 aromatic heterocycles. The lowest BCUT2D eigenvalue weighted by atomic mass is 10.1. The number of hydrogen-bond acceptors (Lipinski definition) is 4. The van der Waals surface area contributed by atoms with Gasteiger partial charge in [-0.15, -0.1) is 23.7 Å². The second-order valence-corrected chi connectivity index (χ2v) is 8.45. The van der Waals surface area contributed by atoms with Crippen molar-refractivity contribution in [3.8, 4) is 0 Å². The number of hydrogen-bond donors (Lipinski definition) is 2. The van der Waals surface area contributed by atoms with E-state index in [9.17, 15) is 8.42 Å². The van der Waals surface area contributed by atoms with Gasteiger partial charge in [0, 0.05) is 17.5 Å². The molecule has 8 heteroatoms. The molecular formula is C10H16BrClN2O2S2. The lowest BCUT2D eigenvalue weighted by Gasteiger charge is -2.23. The quantitative estimate of drug-likeness (QED) is 0.852. The molecule has 0 radical (unpaired) electrons. The fourth-order valence-corrected chi connectivity index (χ4v) is 5.62. The van der Waals surface area contributed by atoms with Crippen LogP contribution in [-0.4, -0.2) is 27.5 Å². The normalized spacial score (nSPS) is 20.4. The maximum absolute atomic E-state index is 12.2. The van der Waals surface area contributed by atoms with Crippen LogP contribution in [0.15, 0.2) is 14.7 Å². The van der Waals surface area contributed by atoms with Gasteiger partial charge in [-0.05, 0) is 48.3 Å². The van der Waals surface area contributed by atoms with Crippen molar-refractivity contribution in [2.24, 2.45) is 0 Å². The average molecular weight is 376 g/mol. The van der Waals surface area contributed by atoms with E-state index in [1.165, 1.54) is 11.3 Å². The highest BCUT2D eigenvalue weighted by Crippen LogP contribution is 2.29. The number of thiophene rings is 1. The number of aryl methyl sites for hydroxylation is 1. The van der Waals surface area contributed by atoms with Crippen LogP contribution in [0, 0.1) is 6.92 Å². The Bertz CT molecular complexity index is 498. The Morgan fingerprint density at radius 2 is 2.28 bits per heavy atom. The summed E-state index contributed by atoms with van der Waals surface area (Å²) < 4.78 is 28.0. The van der Waals surface area contributed by atoms with Crippen LogP contribution < -0.4 is 10.0 Å². The number of sulfonamides is 1. The van der Waals surface area contributed by atoms with Crippen LogP contribution in [0.3, 0.4) is 0 Å². The summed E-state index contributed by atoms with van der Waals surface area (Å²) in [5.41, 5.74) is 0. The molecule has 0 aliphatic carbocycles. The van der Waals surface area contributed by atoms with Gasteiger partial charge in [0.2, 0.25) is 10.0 Å². The third-order valence-corrected chi connectivity index (χ3v) is 6.08. The molecule has 0 bridgehead atoms. The Morgan fingerprint density at radius 3 is 2.78 bits per heavy atom. The Kier molecular flexibility index (Phi) is 6.08. The molecule has 1 aliphatic heterocycles. The predicted molar refractivity (Wildman–Crippen MR) is 80.2 cm³/mol. The summed E-state index contributed by atoms with van der Waals surface area (Å²) in [6.45, 7) is 3.51. The van der Waals surface area contributed by atoms with Gasteiger partial charge in [0.1, 0.15) is 0 Å². The largest absolute Gasteiger partial charge is 0.315 e. The fourth-order valence-electron chi connectivity index (χ4n) is 1.93. The molecule has 2 heterocycles. The molecule has 0 spiro atoms. The van der Waals surface area contributed by atoms with E-state index in [2.05, 4.69) is 26.0 Å². The van der Waals surface area contributed by atoms with Crippen molar-refractivity contribution < 1.29 is 8.42 Å². The predicted octanol–water partition coefficient (Wildman–Crippen LogP) is 2.27. The van der Waals surface area contributed by atoms with Gasteiger partial charge >= 0.3 is 0 Å². The highest BCUT2D eigenvalue weighted by molar-refractivity contribution is 9.11. The van der Waals surface area contributed by atoms with Gasteiger partial charge in [-0.3, -0.25) is 0 Å². The second-order valence-electron chi connectivity index (χ2n) is 4.14. The van der Waals surface area contributed by atoms with Crippen molar-refractivity contribution in [3.05, 3.63) is 14.7 Å². The SMILES string of the molecule is Cc1sc(Br)cc1S(=O)(=O)NC1CCCNC1.Cl. The van der Waals surface area contributed by atoms with Crippen LogP contribution in [0.2, 0.25) is 0 Å². The lowest BCUT2D eigenvalue weighted by molar-refractivity contribution is 0.428. The van der Waals surface area contributed by atoms with E-state index in [1.807, 2.05) is 6.92 Å². The first-order valence-electron chi connectivity index (χ1n) is 5.48. The highest BCUT2D eigenvalue weighted by Gasteiger charge is 2.24. The van der Waals surface area contributed by atoms with Crippen LogP contribution in [0.4, 0.5) is 0 Å². The monoisotopic (exact) mass is 374 g/mol. The molecule has 4 nitrogen and oxygen atoms in total. The first-order chi connectivity index (χ1) is 7.99. The number of halogens is 2. The summed E-state index contributed by atoms with van der Waals surface area (Å²) in [7, 11) is -3.38. The van der Waals surface area contributed by atoms with Gasteiger partial charge in [-0.25, -0.2) is 13.1 Å². The lowest BCUT2D eigenvalue weighted by Crippen LogP contribution is -2.45. The van der Waals surface area contributed by atoms with Crippen molar-refractivity contribution >= 4 is 49.7 Å². The van der Waals surface area contributed by atoms with Crippen molar-refractivity contribution in [2.75, 3.05) is 13.1 Å². The Balaban J connectivity index is 0.00000162. The molecule has 0 aromatic carbocycles. The topological polar surface area (TPSA) is 58.2 Å². The fraction of sp³-hybridized carbons (Fsp3) is 0.600. The highest BCUT2D eigenvalue weighted by atomic mass is 79.9. The van der Waals surface area contributed by atoms with Crippen molar-refractivity contribution in [1.29, 1.82) is 0 Å². The van der Waals surface area contributed by atoms with Gasteiger partial charge < -0.3 is 5.32 Å².